The molecule has 1 N–H and O–H groups in total. The van der Waals surface area contributed by atoms with E-state index in [0.717, 1.165) is 57.1 Å². The van der Waals surface area contributed by atoms with Crippen molar-refractivity contribution < 1.29 is 14.3 Å². The molecule has 0 aliphatic carbocycles. The van der Waals surface area contributed by atoms with Gasteiger partial charge < -0.3 is 9.52 Å². The van der Waals surface area contributed by atoms with Gasteiger partial charge in [-0.15, -0.1) is 0 Å². The molecule has 1 saturated heterocycles. The zero-order valence-corrected chi connectivity index (χ0v) is 11.5. The van der Waals surface area contributed by atoms with Gasteiger partial charge in [-0.05, 0) is 25.1 Å². The van der Waals surface area contributed by atoms with Crippen molar-refractivity contribution in [3.8, 4) is 0 Å². The lowest BCUT2D eigenvalue weighted by Gasteiger charge is -2.19. The molecule has 1 aliphatic rings. The Labute approximate surface area is 113 Å². The van der Waals surface area contributed by atoms with E-state index in [4.69, 9.17) is 9.52 Å². The molecule has 5 heteroatoms. The van der Waals surface area contributed by atoms with Crippen molar-refractivity contribution in [2.75, 3.05) is 32.7 Å². The molecule has 0 unspecified atom stereocenters. The van der Waals surface area contributed by atoms with E-state index in [1.807, 2.05) is 17.0 Å². The van der Waals surface area contributed by atoms with Crippen LogP contribution in [-0.4, -0.2) is 53.6 Å². The van der Waals surface area contributed by atoms with E-state index in [9.17, 15) is 4.79 Å². The first-order valence-electron chi connectivity index (χ1n) is 6.91. The Bertz CT molecular complexity index is 417. The summed E-state index contributed by atoms with van der Waals surface area (Å²) in [5.74, 6) is 1.29. The zero-order valence-electron chi connectivity index (χ0n) is 11.5. The van der Waals surface area contributed by atoms with Gasteiger partial charge in [-0.3, -0.25) is 14.6 Å². The summed E-state index contributed by atoms with van der Waals surface area (Å²) in [6, 6.07) is 4.07. The highest BCUT2D eigenvalue weighted by molar-refractivity contribution is 5.69. The topological polar surface area (TPSA) is 56.9 Å². The monoisotopic (exact) mass is 266 g/mol. The predicted octanol–water partition coefficient (Wildman–Crippen LogP) is 1.43. The quantitative estimate of drug-likeness (QED) is 0.874. The van der Waals surface area contributed by atoms with Crippen molar-refractivity contribution in [1.82, 2.24) is 9.80 Å². The van der Waals surface area contributed by atoms with Crippen LogP contribution in [0.3, 0.4) is 0 Å². The minimum atomic E-state index is -0.743. The lowest BCUT2D eigenvalue weighted by molar-refractivity contribution is -0.138. The first-order chi connectivity index (χ1) is 9.17. The summed E-state index contributed by atoms with van der Waals surface area (Å²) in [6.07, 6.45) is 1.93. The largest absolute Gasteiger partial charge is 0.480 e. The molecule has 1 aliphatic heterocycles. The molecule has 2 heterocycles. The Balaban J connectivity index is 1.83. The molecule has 1 aromatic rings. The lowest BCUT2D eigenvalue weighted by atomic mass is 10.3. The molecule has 0 amide bonds. The number of aryl methyl sites for hydroxylation is 1. The maximum absolute atomic E-state index is 10.7. The van der Waals surface area contributed by atoms with Crippen LogP contribution in [0.5, 0.6) is 0 Å². The number of hydrogen-bond donors (Lipinski definition) is 1. The fraction of sp³-hybridized carbons (Fsp3) is 0.643. The third-order valence-electron chi connectivity index (χ3n) is 3.49. The van der Waals surface area contributed by atoms with Crippen LogP contribution in [0.25, 0.3) is 0 Å². The summed E-state index contributed by atoms with van der Waals surface area (Å²) >= 11 is 0. The van der Waals surface area contributed by atoms with Crippen molar-refractivity contribution in [2.45, 2.75) is 26.3 Å². The number of rotatable bonds is 5. The summed E-state index contributed by atoms with van der Waals surface area (Å²) < 4.78 is 5.72. The molecule has 1 aromatic heterocycles. The number of nitrogens with zero attached hydrogens (tertiary/aromatic N) is 2. The molecule has 19 heavy (non-hydrogen) atoms. The van der Waals surface area contributed by atoms with Crippen LogP contribution in [0.15, 0.2) is 16.5 Å². The van der Waals surface area contributed by atoms with Gasteiger partial charge in [0.25, 0.3) is 0 Å². The van der Waals surface area contributed by atoms with Crippen molar-refractivity contribution in [1.29, 1.82) is 0 Å². The standard InChI is InChI=1S/C14H22N2O3/c1-2-12-4-5-13(19-12)10-15-6-3-7-16(9-8-15)11-14(17)18/h4-5H,2-3,6-11H2,1H3,(H,17,18). The zero-order chi connectivity index (χ0) is 13.7. The Morgan fingerprint density at radius 2 is 1.89 bits per heavy atom. The van der Waals surface area contributed by atoms with Crippen LogP contribution >= 0.6 is 0 Å². The summed E-state index contributed by atoms with van der Waals surface area (Å²) in [5.41, 5.74) is 0. The second-order valence-electron chi connectivity index (χ2n) is 5.02. The fourth-order valence-corrected chi connectivity index (χ4v) is 2.45. The summed E-state index contributed by atoms with van der Waals surface area (Å²) in [6.45, 7) is 6.62. The van der Waals surface area contributed by atoms with Crippen LogP contribution in [0.2, 0.25) is 0 Å². The summed E-state index contributed by atoms with van der Waals surface area (Å²) in [7, 11) is 0. The number of carbonyl (C=O) groups is 1. The average Bonchev–Trinajstić information content (AvgIpc) is 2.71. The molecule has 2 rings (SSSR count). The fourth-order valence-electron chi connectivity index (χ4n) is 2.45. The number of carboxylic acids is 1. The molecule has 0 aromatic carbocycles. The maximum atomic E-state index is 10.7. The molecule has 0 atom stereocenters. The average molecular weight is 266 g/mol. The summed E-state index contributed by atoms with van der Waals surface area (Å²) in [5, 5.41) is 8.82. The third-order valence-corrected chi connectivity index (χ3v) is 3.49. The van der Waals surface area contributed by atoms with Gasteiger partial charge in [0.05, 0.1) is 13.1 Å². The van der Waals surface area contributed by atoms with Crippen molar-refractivity contribution in [3.63, 3.8) is 0 Å². The van der Waals surface area contributed by atoms with Crippen molar-refractivity contribution >= 4 is 5.97 Å². The highest BCUT2D eigenvalue weighted by atomic mass is 16.4. The molecular weight excluding hydrogens is 244 g/mol. The van der Waals surface area contributed by atoms with Crippen molar-refractivity contribution in [3.05, 3.63) is 23.7 Å². The van der Waals surface area contributed by atoms with Crippen LogP contribution in [0.1, 0.15) is 24.9 Å². The van der Waals surface area contributed by atoms with Crippen LogP contribution in [0, 0.1) is 0 Å². The smallest absolute Gasteiger partial charge is 0.317 e. The predicted molar refractivity (Wildman–Crippen MR) is 72.1 cm³/mol. The SMILES string of the molecule is CCc1ccc(CN2CCCN(CC(=O)O)CC2)o1. The second kappa shape index (κ2) is 6.73. The second-order valence-corrected chi connectivity index (χ2v) is 5.02. The normalized spacial score (nSPS) is 18.4. The van der Waals surface area contributed by atoms with Crippen LogP contribution in [0.4, 0.5) is 0 Å². The van der Waals surface area contributed by atoms with Crippen molar-refractivity contribution in [2.24, 2.45) is 0 Å². The Hall–Kier alpha value is -1.33. The highest BCUT2D eigenvalue weighted by Crippen LogP contribution is 2.13. The van der Waals surface area contributed by atoms with Crippen LogP contribution < -0.4 is 0 Å². The van der Waals surface area contributed by atoms with Gasteiger partial charge in [0, 0.05) is 26.1 Å². The molecule has 0 bridgehead atoms. The number of hydrogen-bond acceptors (Lipinski definition) is 4. The van der Waals surface area contributed by atoms with Gasteiger partial charge in [-0.25, -0.2) is 0 Å². The molecule has 5 nitrogen and oxygen atoms in total. The minimum absolute atomic E-state index is 0.147. The summed E-state index contributed by atoms with van der Waals surface area (Å²) in [4.78, 5) is 15.1. The van der Waals surface area contributed by atoms with E-state index >= 15 is 0 Å². The van der Waals surface area contributed by atoms with Gasteiger partial charge >= 0.3 is 5.97 Å². The Morgan fingerprint density at radius 3 is 2.58 bits per heavy atom. The first-order valence-corrected chi connectivity index (χ1v) is 6.91. The van der Waals surface area contributed by atoms with E-state index in [0.29, 0.717) is 0 Å². The molecule has 0 radical (unpaired) electrons. The van der Waals surface area contributed by atoms with Gasteiger partial charge in [-0.1, -0.05) is 6.92 Å². The number of aliphatic carboxylic acids is 1. The third kappa shape index (κ3) is 4.36. The van der Waals surface area contributed by atoms with E-state index in [2.05, 4.69) is 11.8 Å². The van der Waals surface area contributed by atoms with E-state index in [1.54, 1.807) is 0 Å². The molecule has 106 valence electrons. The Kier molecular flexibility index (Phi) is 4.99. The van der Waals surface area contributed by atoms with Gasteiger partial charge in [0.1, 0.15) is 11.5 Å². The molecule has 0 saturated carbocycles. The molecule has 1 fully saturated rings. The number of carboxylic acid groups (broad SMARTS) is 1. The van der Waals surface area contributed by atoms with Gasteiger partial charge in [0.2, 0.25) is 0 Å². The van der Waals surface area contributed by atoms with Crippen LogP contribution in [-0.2, 0) is 17.8 Å². The van der Waals surface area contributed by atoms with E-state index < -0.39 is 5.97 Å². The van der Waals surface area contributed by atoms with Gasteiger partial charge in [0.15, 0.2) is 0 Å². The van der Waals surface area contributed by atoms with Gasteiger partial charge in [-0.2, -0.15) is 0 Å². The van der Waals surface area contributed by atoms with E-state index in [-0.39, 0.29) is 6.54 Å². The molecular formula is C14H22N2O3. The number of furan rings is 1. The lowest BCUT2D eigenvalue weighted by Crippen LogP contribution is -2.33. The first kappa shape index (κ1) is 14.1. The Morgan fingerprint density at radius 1 is 1.21 bits per heavy atom. The highest BCUT2D eigenvalue weighted by Gasteiger charge is 2.17. The minimum Gasteiger partial charge on any atom is -0.480 e. The molecule has 0 spiro atoms. The maximum Gasteiger partial charge on any atom is 0.317 e. The van der Waals surface area contributed by atoms with E-state index in [1.165, 1.54) is 0 Å².